The standard InChI is InChI=1S/C11H10N2O3/c12-6-5-10(14)13-9-3-1-8(2-4-9)7-11(15)16/h1-4H,5,7H2,(H,13,14)(H,15,16). The minimum Gasteiger partial charge on any atom is -0.481 e. The number of carboxylic acids is 1. The Morgan fingerprint density at radius 2 is 1.94 bits per heavy atom. The second-order valence-corrected chi connectivity index (χ2v) is 3.15. The number of hydrogen-bond acceptors (Lipinski definition) is 3. The van der Waals surface area contributed by atoms with Gasteiger partial charge in [-0.15, -0.1) is 0 Å². The van der Waals surface area contributed by atoms with E-state index in [-0.39, 0.29) is 18.7 Å². The van der Waals surface area contributed by atoms with E-state index < -0.39 is 5.97 Å². The summed E-state index contributed by atoms with van der Waals surface area (Å²) >= 11 is 0. The Kier molecular flexibility index (Phi) is 4.04. The van der Waals surface area contributed by atoms with Crippen molar-refractivity contribution in [3.05, 3.63) is 29.8 Å². The molecule has 5 heteroatoms. The van der Waals surface area contributed by atoms with Crippen LogP contribution in [0.4, 0.5) is 5.69 Å². The zero-order valence-electron chi connectivity index (χ0n) is 8.43. The molecule has 0 aliphatic rings. The molecule has 0 aliphatic carbocycles. The molecule has 5 nitrogen and oxygen atoms in total. The van der Waals surface area contributed by atoms with Crippen LogP contribution in [0, 0.1) is 11.3 Å². The quantitative estimate of drug-likeness (QED) is 0.793. The van der Waals surface area contributed by atoms with Gasteiger partial charge in [-0.25, -0.2) is 0 Å². The number of nitriles is 1. The molecule has 0 atom stereocenters. The first-order valence-corrected chi connectivity index (χ1v) is 4.59. The summed E-state index contributed by atoms with van der Waals surface area (Å²) in [7, 11) is 0. The average Bonchev–Trinajstić information content (AvgIpc) is 2.20. The van der Waals surface area contributed by atoms with Crippen LogP contribution >= 0.6 is 0 Å². The molecule has 0 fully saturated rings. The molecule has 0 saturated carbocycles. The van der Waals surface area contributed by atoms with E-state index in [0.717, 1.165) is 0 Å². The summed E-state index contributed by atoms with van der Waals surface area (Å²) in [5.74, 6) is -1.28. The number of anilines is 1. The minimum atomic E-state index is -0.902. The molecule has 82 valence electrons. The van der Waals surface area contributed by atoms with E-state index in [1.165, 1.54) is 0 Å². The smallest absolute Gasteiger partial charge is 0.307 e. The lowest BCUT2D eigenvalue weighted by Crippen LogP contribution is -2.10. The molecule has 0 spiro atoms. The number of hydrogen-bond donors (Lipinski definition) is 2. The van der Waals surface area contributed by atoms with Crippen LogP contribution < -0.4 is 5.32 Å². The maximum Gasteiger partial charge on any atom is 0.307 e. The van der Waals surface area contributed by atoms with Crippen LogP contribution in [0.1, 0.15) is 12.0 Å². The minimum absolute atomic E-state index is 0.0492. The molecule has 2 N–H and O–H groups in total. The van der Waals surface area contributed by atoms with Gasteiger partial charge in [0.25, 0.3) is 0 Å². The van der Waals surface area contributed by atoms with Crippen LogP contribution in [-0.2, 0) is 16.0 Å². The van der Waals surface area contributed by atoms with Crippen molar-refractivity contribution in [2.75, 3.05) is 5.32 Å². The molecule has 0 radical (unpaired) electrons. The molecule has 0 unspecified atom stereocenters. The summed E-state index contributed by atoms with van der Waals surface area (Å²) in [6.07, 6.45) is -0.247. The summed E-state index contributed by atoms with van der Waals surface area (Å²) in [4.78, 5) is 21.5. The Bertz CT molecular complexity index is 432. The highest BCUT2D eigenvalue weighted by Crippen LogP contribution is 2.10. The van der Waals surface area contributed by atoms with Crippen molar-refractivity contribution in [3.8, 4) is 6.07 Å². The normalized spacial score (nSPS) is 9.19. The molecule has 0 aliphatic heterocycles. The Balaban J connectivity index is 2.61. The highest BCUT2D eigenvalue weighted by molar-refractivity contribution is 5.92. The largest absolute Gasteiger partial charge is 0.481 e. The van der Waals surface area contributed by atoms with Crippen molar-refractivity contribution in [2.24, 2.45) is 0 Å². The summed E-state index contributed by atoms with van der Waals surface area (Å²) in [6, 6.07) is 8.19. The number of carbonyl (C=O) groups is 2. The lowest BCUT2D eigenvalue weighted by Gasteiger charge is -2.03. The third kappa shape index (κ3) is 3.80. The number of nitrogens with one attached hydrogen (secondary N) is 1. The van der Waals surface area contributed by atoms with Crippen LogP contribution in [0.2, 0.25) is 0 Å². The molecule has 0 saturated heterocycles. The second kappa shape index (κ2) is 5.51. The number of aliphatic carboxylic acids is 1. The van der Waals surface area contributed by atoms with Crippen molar-refractivity contribution in [2.45, 2.75) is 12.8 Å². The Labute approximate surface area is 92.3 Å². The van der Waals surface area contributed by atoms with Gasteiger partial charge in [0.05, 0.1) is 12.5 Å². The van der Waals surface area contributed by atoms with Crippen LogP contribution in [0.3, 0.4) is 0 Å². The van der Waals surface area contributed by atoms with Gasteiger partial charge < -0.3 is 10.4 Å². The fourth-order valence-corrected chi connectivity index (χ4v) is 1.16. The predicted molar refractivity (Wildman–Crippen MR) is 56.6 cm³/mol. The number of carbonyl (C=O) groups excluding carboxylic acids is 1. The van der Waals surface area contributed by atoms with Crippen molar-refractivity contribution >= 4 is 17.6 Å². The van der Waals surface area contributed by atoms with Crippen molar-refractivity contribution in [1.29, 1.82) is 5.26 Å². The van der Waals surface area contributed by atoms with Gasteiger partial charge in [0.1, 0.15) is 6.42 Å². The maximum atomic E-state index is 11.0. The number of benzene rings is 1. The van der Waals surface area contributed by atoms with Crippen molar-refractivity contribution in [1.82, 2.24) is 0 Å². The summed E-state index contributed by atoms with van der Waals surface area (Å²) in [5, 5.41) is 19.3. The Morgan fingerprint density at radius 1 is 1.31 bits per heavy atom. The second-order valence-electron chi connectivity index (χ2n) is 3.15. The fraction of sp³-hybridized carbons (Fsp3) is 0.182. The molecular weight excluding hydrogens is 208 g/mol. The van der Waals surface area contributed by atoms with Gasteiger partial charge in [0.2, 0.25) is 5.91 Å². The van der Waals surface area contributed by atoms with Crippen molar-refractivity contribution < 1.29 is 14.7 Å². The molecule has 0 bridgehead atoms. The number of amides is 1. The zero-order valence-corrected chi connectivity index (χ0v) is 8.43. The summed E-state index contributed by atoms with van der Waals surface area (Å²) < 4.78 is 0. The summed E-state index contributed by atoms with van der Waals surface area (Å²) in [6.45, 7) is 0. The summed E-state index contributed by atoms with van der Waals surface area (Å²) in [5.41, 5.74) is 1.21. The van der Waals surface area contributed by atoms with Gasteiger partial charge in [0, 0.05) is 5.69 Å². The monoisotopic (exact) mass is 218 g/mol. The first-order valence-electron chi connectivity index (χ1n) is 4.59. The van der Waals surface area contributed by atoms with Crippen LogP contribution in [0.15, 0.2) is 24.3 Å². The lowest BCUT2D eigenvalue weighted by atomic mass is 10.1. The highest BCUT2D eigenvalue weighted by atomic mass is 16.4. The molecule has 1 rings (SSSR count). The van der Waals surface area contributed by atoms with Crippen molar-refractivity contribution in [3.63, 3.8) is 0 Å². The molecule has 1 aromatic carbocycles. The molecular formula is C11H10N2O3. The van der Waals surface area contributed by atoms with Gasteiger partial charge in [-0.05, 0) is 17.7 Å². The lowest BCUT2D eigenvalue weighted by molar-refractivity contribution is -0.136. The van der Waals surface area contributed by atoms with E-state index in [1.54, 1.807) is 30.3 Å². The number of carboxylic acid groups (broad SMARTS) is 1. The topological polar surface area (TPSA) is 90.2 Å². The first-order chi connectivity index (χ1) is 7.61. The first kappa shape index (κ1) is 11.7. The third-order valence-corrected chi connectivity index (χ3v) is 1.83. The Morgan fingerprint density at radius 3 is 2.44 bits per heavy atom. The van der Waals surface area contributed by atoms with Gasteiger partial charge in [-0.3, -0.25) is 9.59 Å². The van der Waals surface area contributed by atoms with Crippen LogP contribution in [-0.4, -0.2) is 17.0 Å². The molecule has 0 heterocycles. The average molecular weight is 218 g/mol. The Hall–Kier alpha value is -2.35. The van der Waals surface area contributed by atoms with E-state index in [0.29, 0.717) is 11.3 Å². The van der Waals surface area contributed by atoms with Crippen LogP contribution in [0.25, 0.3) is 0 Å². The van der Waals surface area contributed by atoms with E-state index in [1.807, 2.05) is 0 Å². The maximum absolute atomic E-state index is 11.0. The molecule has 1 amide bonds. The van der Waals surface area contributed by atoms with E-state index in [2.05, 4.69) is 5.32 Å². The SMILES string of the molecule is N#CCC(=O)Nc1ccc(CC(=O)O)cc1. The third-order valence-electron chi connectivity index (χ3n) is 1.83. The van der Waals surface area contributed by atoms with Crippen LogP contribution in [0.5, 0.6) is 0 Å². The number of rotatable bonds is 4. The van der Waals surface area contributed by atoms with E-state index in [4.69, 9.17) is 10.4 Å². The van der Waals surface area contributed by atoms with Gasteiger partial charge >= 0.3 is 5.97 Å². The van der Waals surface area contributed by atoms with E-state index in [9.17, 15) is 9.59 Å². The molecule has 0 aromatic heterocycles. The molecule has 16 heavy (non-hydrogen) atoms. The highest BCUT2D eigenvalue weighted by Gasteiger charge is 2.02. The van der Waals surface area contributed by atoms with Gasteiger partial charge in [0.15, 0.2) is 0 Å². The number of nitrogens with zero attached hydrogens (tertiary/aromatic N) is 1. The zero-order chi connectivity index (χ0) is 12.0. The predicted octanol–water partition coefficient (Wildman–Crippen LogP) is 1.17. The fourth-order valence-electron chi connectivity index (χ4n) is 1.16. The van der Waals surface area contributed by atoms with E-state index >= 15 is 0 Å². The van der Waals surface area contributed by atoms with Gasteiger partial charge in [-0.1, -0.05) is 12.1 Å². The van der Waals surface area contributed by atoms with Gasteiger partial charge in [-0.2, -0.15) is 5.26 Å². The molecule has 1 aromatic rings.